The second-order valence-corrected chi connectivity index (χ2v) is 8.18. The molecule has 3 rings (SSSR count). The van der Waals surface area contributed by atoms with Crippen LogP contribution in [0.4, 0.5) is 18.0 Å². The van der Waals surface area contributed by atoms with Gasteiger partial charge in [-0.15, -0.1) is 0 Å². The third kappa shape index (κ3) is 6.78. The number of carboxylic acid groups (broad SMARTS) is 1. The quantitative estimate of drug-likeness (QED) is 0.338. The average molecular weight is 501 g/mol. The van der Waals surface area contributed by atoms with Gasteiger partial charge in [-0.1, -0.05) is 49.4 Å². The average Bonchev–Trinajstić information content (AvgIpc) is 2.85. The van der Waals surface area contributed by atoms with E-state index in [-0.39, 0.29) is 24.3 Å². The molecule has 3 aromatic carbocycles. The highest BCUT2D eigenvalue weighted by Gasteiger charge is 2.32. The summed E-state index contributed by atoms with van der Waals surface area (Å²) in [6, 6.07) is 16.1. The summed E-state index contributed by atoms with van der Waals surface area (Å²) in [5.41, 5.74) is 1.40. The number of alkyl halides is 3. The van der Waals surface area contributed by atoms with E-state index in [1.807, 2.05) is 37.3 Å². The maximum absolute atomic E-state index is 13.6. The van der Waals surface area contributed by atoms with Gasteiger partial charge in [-0.05, 0) is 52.9 Å². The van der Waals surface area contributed by atoms with Crippen molar-refractivity contribution in [3.63, 3.8) is 0 Å². The first-order valence-electron chi connectivity index (χ1n) is 11.3. The Kier molecular flexibility index (Phi) is 8.58. The molecule has 1 unspecified atom stereocenters. The zero-order valence-electron chi connectivity index (χ0n) is 19.9. The fourth-order valence-electron chi connectivity index (χ4n) is 3.91. The van der Waals surface area contributed by atoms with Gasteiger partial charge in [0.2, 0.25) is 0 Å². The normalized spacial score (nSPS) is 12.0. The highest BCUT2D eigenvalue weighted by atomic mass is 19.4. The van der Waals surface area contributed by atoms with Crippen LogP contribution in [0.2, 0.25) is 0 Å². The third-order valence-corrected chi connectivity index (χ3v) is 5.67. The highest BCUT2D eigenvalue weighted by Crippen LogP contribution is 2.40. The van der Waals surface area contributed by atoms with Crippen molar-refractivity contribution in [1.29, 1.82) is 0 Å². The second-order valence-electron chi connectivity index (χ2n) is 8.18. The molecule has 0 spiro atoms. The van der Waals surface area contributed by atoms with E-state index in [1.54, 1.807) is 6.07 Å². The van der Waals surface area contributed by atoms with E-state index in [0.717, 1.165) is 17.7 Å². The largest absolute Gasteiger partial charge is 0.496 e. The fourth-order valence-corrected chi connectivity index (χ4v) is 3.91. The topological polar surface area (TPSA) is 87.7 Å². The van der Waals surface area contributed by atoms with Gasteiger partial charge in [-0.2, -0.15) is 13.2 Å². The summed E-state index contributed by atoms with van der Waals surface area (Å²) in [4.78, 5) is 23.9. The molecule has 0 saturated carbocycles. The van der Waals surface area contributed by atoms with E-state index in [2.05, 4.69) is 10.6 Å². The number of carboxylic acids is 1. The van der Waals surface area contributed by atoms with Crippen molar-refractivity contribution >= 4 is 12.0 Å². The van der Waals surface area contributed by atoms with E-state index in [1.165, 1.54) is 25.3 Å². The van der Waals surface area contributed by atoms with Gasteiger partial charge in [-0.25, -0.2) is 4.79 Å². The number of aliphatic carboxylic acids is 1. The van der Waals surface area contributed by atoms with Gasteiger partial charge >= 0.3 is 18.2 Å². The first-order chi connectivity index (χ1) is 17.1. The molecule has 3 N–H and O–H groups in total. The van der Waals surface area contributed by atoms with Crippen molar-refractivity contribution < 1.29 is 32.6 Å². The number of hydrogen-bond acceptors (Lipinski definition) is 3. The monoisotopic (exact) mass is 500 g/mol. The van der Waals surface area contributed by atoms with E-state index >= 15 is 0 Å². The summed E-state index contributed by atoms with van der Waals surface area (Å²) in [7, 11) is 1.38. The SMILES string of the molecule is CCC(NC(=O)NCc1ccccc1)c1ccc(C(F)(F)F)cc1-c1cc(CC(=O)O)ccc1OC. The smallest absolute Gasteiger partial charge is 0.416 e. The minimum atomic E-state index is -4.60. The number of benzene rings is 3. The molecule has 9 heteroatoms. The maximum Gasteiger partial charge on any atom is 0.416 e. The van der Waals surface area contributed by atoms with E-state index in [0.29, 0.717) is 23.1 Å². The van der Waals surface area contributed by atoms with Crippen molar-refractivity contribution in [3.05, 3.63) is 89.0 Å². The molecule has 0 saturated heterocycles. The number of carbonyl (C=O) groups is 2. The molecule has 0 aliphatic rings. The van der Waals surface area contributed by atoms with Gasteiger partial charge in [0, 0.05) is 12.1 Å². The number of carbonyl (C=O) groups excluding carboxylic acids is 1. The van der Waals surface area contributed by atoms with Crippen LogP contribution in [0.15, 0.2) is 66.7 Å². The van der Waals surface area contributed by atoms with Gasteiger partial charge in [0.25, 0.3) is 0 Å². The second kappa shape index (κ2) is 11.6. The Morgan fingerprint density at radius 1 is 0.972 bits per heavy atom. The lowest BCUT2D eigenvalue weighted by atomic mass is 9.90. The molecule has 0 bridgehead atoms. The molecule has 0 aromatic heterocycles. The first kappa shape index (κ1) is 26.6. The summed E-state index contributed by atoms with van der Waals surface area (Å²) < 4.78 is 46.2. The van der Waals surface area contributed by atoms with Crippen LogP contribution in [0, 0.1) is 0 Å². The Morgan fingerprint density at radius 3 is 2.31 bits per heavy atom. The number of rotatable bonds is 9. The minimum absolute atomic E-state index is 0.198. The molecule has 0 fully saturated rings. The van der Waals surface area contributed by atoms with Crippen molar-refractivity contribution in [1.82, 2.24) is 10.6 Å². The standard InChI is InChI=1S/C27H27F3N2O4/c1-3-23(32-26(35)31-16-17-7-5-4-6-8-17)20-11-10-19(27(28,29)30)15-21(20)22-13-18(14-25(33)34)9-12-24(22)36-2/h4-13,15,23H,3,14,16H2,1-2H3,(H,33,34)(H2,31,32,35). The van der Waals surface area contributed by atoms with Crippen LogP contribution in [0.5, 0.6) is 5.75 Å². The molecule has 6 nitrogen and oxygen atoms in total. The number of methoxy groups -OCH3 is 1. The first-order valence-corrected chi connectivity index (χ1v) is 11.3. The predicted molar refractivity (Wildman–Crippen MR) is 130 cm³/mol. The van der Waals surface area contributed by atoms with Crippen LogP contribution in [-0.2, 0) is 23.9 Å². The van der Waals surface area contributed by atoms with Gasteiger partial charge in [0.15, 0.2) is 0 Å². The number of amides is 2. The highest BCUT2D eigenvalue weighted by molar-refractivity contribution is 5.79. The Balaban J connectivity index is 2.01. The van der Waals surface area contributed by atoms with Crippen LogP contribution in [0.25, 0.3) is 11.1 Å². The Bertz CT molecular complexity index is 1210. The Labute approximate surface area is 207 Å². The Hall–Kier alpha value is -4.01. The van der Waals surface area contributed by atoms with Crippen LogP contribution in [0.3, 0.4) is 0 Å². The molecule has 3 aromatic rings. The van der Waals surface area contributed by atoms with Gasteiger partial charge in [0.1, 0.15) is 5.75 Å². The third-order valence-electron chi connectivity index (χ3n) is 5.67. The number of hydrogen-bond donors (Lipinski definition) is 3. The molecular formula is C27H27F3N2O4. The molecule has 2 amide bonds. The predicted octanol–water partition coefficient (Wildman–Crippen LogP) is 5.96. The molecular weight excluding hydrogens is 473 g/mol. The number of nitrogens with one attached hydrogen (secondary N) is 2. The van der Waals surface area contributed by atoms with Gasteiger partial charge in [0.05, 0.1) is 25.1 Å². The molecule has 0 radical (unpaired) electrons. The summed E-state index contributed by atoms with van der Waals surface area (Å²) in [6.45, 7) is 2.09. The minimum Gasteiger partial charge on any atom is -0.496 e. The lowest BCUT2D eigenvalue weighted by molar-refractivity contribution is -0.138. The van der Waals surface area contributed by atoms with Crippen molar-refractivity contribution in [2.24, 2.45) is 0 Å². The number of ether oxygens (including phenoxy) is 1. The van der Waals surface area contributed by atoms with Crippen LogP contribution >= 0.6 is 0 Å². The van der Waals surface area contributed by atoms with E-state index in [9.17, 15) is 27.9 Å². The number of halogens is 3. The summed E-state index contributed by atoms with van der Waals surface area (Å²) in [6.07, 6.45) is -4.50. The van der Waals surface area contributed by atoms with E-state index < -0.39 is 29.8 Å². The van der Waals surface area contributed by atoms with Crippen molar-refractivity contribution in [3.8, 4) is 16.9 Å². The summed E-state index contributed by atoms with van der Waals surface area (Å²) in [5.74, 6) is -0.785. The maximum atomic E-state index is 13.6. The van der Waals surface area contributed by atoms with Gasteiger partial charge in [-0.3, -0.25) is 4.79 Å². The van der Waals surface area contributed by atoms with Crippen LogP contribution in [-0.4, -0.2) is 24.2 Å². The van der Waals surface area contributed by atoms with Crippen LogP contribution in [0.1, 0.15) is 41.6 Å². The molecule has 190 valence electrons. The lowest BCUT2D eigenvalue weighted by Crippen LogP contribution is -2.37. The molecule has 0 aliphatic heterocycles. The lowest BCUT2D eigenvalue weighted by Gasteiger charge is -2.23. The summed E-state index contributed by atoms with van der Waals surface area (Å²) in [5, 5.41) is 14.8. The number of urea groups is 1. The molecule has 0 aliphatic carbocycles. The van der Waals surface area contributed by atoms with Crippen LogP contribution < -0.4 is 15.4 Å². The molecule has 0 heterocycles. The molecule has 36 heavy (non-hydrogen) atoms. The summed E-state index contributed by atoms with van der Waals surface area (Å²) >= 11 is 0. The molecule has 1 atom stereocenters. The van der Waals surface area contributed by atoms with Crippen molar-refractivity contribution in [2.75, 3.05) is 7.11 Å². The Morgan fingerprint density at radius 2 is 1.69 bits per heavy atom. The fraction of sp³-hybridized carbons (Fsp3) is 0.259. The van der Waals surface area contributed by atoms with Crippen molar-refractivity contribution in [2.45, 2.75) is 38.5 Å². The van der Waals surface area contributed by atoms with E-state index in [4.69, 9.17) is 4.74 Å². The zero-order valence-corrected chi connectivity index (χ0v) is 19.9. The van der Waals surface area contributed by atoms with Gasteiger partial charge < -0.3 is 20.5 Å². The zero-order chi connectivity index (χ0) is 26.3.